The molecule has 0 radical (unpaired) electrons. The van der Waals surface area contributed by atoms with Gasteiger partial charge in [0.15, 0.2) is 0 Å². The van der Waals surface area contributed by atoms with Gasteiger partial charge in [-0.05, 0) is 12.5 Å². The average molecular weight is 165 g/mol. The van der Waals surface area contributed by atoms with Crippen molar-refractivity contribution in [1.29, 1.82) is 0 Å². The zero-order valence-electron chi connectivity index (χ0n) is 7.58. The molecule has 0 saturated heterocycles. The Hall–Kier alpha value is -0.860. The summed E-state index contributed by atoms with van der Waals surface area (Å²) in [5.41, 5.74) is 7.93. The molecule has 0 aliphatic heterocycles. The highest BCUT2D eigenvalue weighted by Gasteiger charge is 2.06. The highest BCUT2D eigenvalue weighted by atomic mass is 16.5. The first kappa shape index (κ1) is 9.23. The molecule has 2 heteroatoms. The molecule has 12 heavy (non-hydrogen) atoms. The van der Waals surface area contributed by atoms with Gasteiger partial charge >= 0.3 is 0 Å². The monoisotopic (exact) mass is 165 g/mol. The lowest BCUT2D eigenvalue weighted by Gasteiger charge is -2.12. The Kier molecular flexibility index (Phi) is 3.26. The maximum absolute atomic E-state index is 5.53. The van der Waals surface area contributed by atoms with Crippen LogP contribution < -0.4 is 5.73 Å². The van der Waals surface area contributed by atoms with Crippen molar-refractivity contribution in [2.45, 2.75) is 13.0 Å². The predicted octanol–water partition coefficient (Wildman–Crippen LogP) is 1.64. The van der Waals surface area contributed by atoms with Crippen molar-refractivity contribution >= 4 is 0 Å². The Balaban J connectivity index is 2.80. The van der Waals surface area contributed by atoms with E-state index in [2.05, 4.69) is 31.2 Å². The van der Waals surface area contributed by atoms with Crippen LogP contribution in [0, 0.1) is 6.92 Å². The highest BCUT2D eigenvalue weighted by molar-refractivity contribution is 5.23. The minimum absolute atomic E-state index is 0.0330. The van der Waals surface area contributed by atoms with Crippen LogP contribution in [0.3, 0.4) is 0 Å². The molecule has 0 heterocycles. The zero-order chi connectivity index (χ0) is 8.97. The van der Waals surface area contributed by atoms with E-state index in [1.807, 2.05) is 0 Å². The Morgan fingerprint density at radius 3 is 2.33 bits per heavy atom. The Morgan fingerprint density at radius 2 is 1.92 bits per heavy atom. The maximum Gasteiger partial charge on any atom is 0.0943 e. The van der Waals surface area contributed by atoms with E-state index in [0.29, 0.717) is 6.54 Å². The number of nitrogens with two attached hydrogens (primary N) is 1. The van der Waals surface area contributed by atoms with Gasteiger partial charge < -0.3 is 10.5 Å². The number of hydrogen-bond acceptors (Lipinski definition) is 2. The van der Waals surface area contributed by atoms with Crippen molar-refractivity contribution in [2.75, 3.05) is 13.7 Å². The molecule has 0 saturated carbocycles. The molecule has 0 aromatic heterocycles. The van der Waals surface area contributed by atoms with Crippen LogP contribution in [0.4, 0.5) is 0 Å². The molecule has 0 spiro atoms. The van der Waals surface area contributed by atoms with Gasteiger partial charge in [-0.3, -0.25) is 0 Å². The van der Waals surface area contributed by atoms with Gasteiger partial charge in [-0.15, -0.1) is 0 Å². The van der Waals surface area contributed by atoms with E-state index < -0.39 is 0 Å². The van der Waals surface area contributed by atoms with Crippen molar-refractivity contribution in [3.63, 3.8) is 0 Å². The van der Waals surface area contributed by atoms with Crippen LogP contribution in [-0.2, 0) is 4.74 Å². The second-order valence-corrected chi connectivity index (χ2v) is 2.87. The zero-order valence-corrected chi connectivity index (χ0v) is 7.58. The van der Waals surface area contributed by atoms with Crippen molar-refractivity contribution in [2.24, 2.45) is 5.73 Å². The summed E-state index contributed by atoms with van der Waals surface area (Å²) in [6.07, 6.45) is 0.0330. The van der Waals surface area contributed by atoms with Crippen molar-refractivity contribution in [3.8, 4) is 0 Å². The van der Waals surface area contributed by atoms with Gasteiger partial charge in [0.05, 0.1) is 6.10 Å². The fourth-order valence-corrected chi connectivity index (χ4v) is 1.15. The topological polar surface area (TPSA) is 35.2 Å². The summed E-state index contributed by atoms with van der Waals surface area (Å²) in [5, 5.41) is 0. The van der Waals surface area contributed by atoms with Crippen molar-refractivity contribution in [1.82, 2.24) is 0 Å². The third kappa shape index (κ3) is 2.06. The SMILES string of the molecule is CO[C@H](CN)c1ccc(C)cc1. The molecule has 1 rings (SSSR count). The van der Waals surface area contributed by atoms with Crippen LogP contribution in [0.5, 0.6) is 0 Å². The van der Waals surface area contributed by atoms with E-state index >= 15 is 0 Å². The fourth-order valence-electron chi connectivity index (χ4n) is 1.15. The summed E-state index contributed by atoms with van der Waals surface area (Å²) in [5.74, 6) is 0. The lowest BCUT2D eigenvalue weighted by molar-refractivity contribution is 0.110. The first-order chi connectivity index (χ1) is 5.77. The Labute approximate surface area is 73.3 Å². The molecular weight excluding hydrogens is 150 g/mol. The molecule has 1 aromatic carbocycles. The van der Waals surface area contributed by atoms with Crippen molar-refractivity contribution < 1.29 is 4.74 Å². The summed E-state index contributed by atoms with van der Waals surface area (Å²) in [7, 11) is 1.68. The van der Waals surface area contributed by atoms with Crippen LogP contribution in [0.2, 0.25) is 0 Å². The molecule has 2 N–H and O–H groups in total. The number of hydrogen-bond donors (Lipinski definition) is 1. The minimum Gasteiger partial charge on any atom is -0.375 e. The quantitative estimate of drug-likeness (QED) is 0.739. The standard InChI is InChI=1S/C10H15NO/c1-8-3-5-9(6-4-8)10(7-11)12-2/h3-6,10H,7,11H2,1-2H3/t10-/m1/s1. The molecule has 0 amide bonds. The van der Waals surface area contributed by atoms with E-state index in [0.717, 1.165) is 5.56 Å². The largest absolute Gasteiger partial charge is 0.375 e. The van der Waals surface area contributed by atoms with E-state index in [9.17, 15) is 0 Å². The molecule has 2 nitrogen and oxygen atoms in total. The van der Waals surface area contributed by atoms with Gasteiger partial charge in [-0.1, -0.05) is 29.8 Å². The number of benzene rings is 1. The summed E-state index contributed by atoms with van der Waals surface area (Å²) >= 11 is 0. The van der Waals surface area contributed by atoms with Gasteiger partial charge in [0.25, 0.3) is 0 Å². The first-order valence-corrected chi connectivity index (χ1v) is 4.07. The summed E-state index contributed by atoms with van der Waals surface area (Å²) in [6.45, 7) is 2.59. The molecule has 1 aromatic rings. The number of rotatable bonds is 3. The lowest BCUT2D eigenvalue weighted by atomic mass is 10.1. The van der Waals surface area contributed by atoms with E-state index in [1.165, 1.54) is 5.56 Å². The van der Waals surface area contributed by atoms with E-state index in [-0.39, 0.29) is 6.10 Å². The lowest BCUT2D eigenvalue weighted by Crippen LogP contribution is -2.13. The fraction of sp³-hybridized carbons (Fsp3) is 0.400. The van der Waals surface area contributed by atoms with Gasteiger partial charge in [0.2, 0.25) is 0 Å². The van der Waals surface area contributed by atoms with Crippen LogP contribution in [0.15, 0.2) is 24.3 Å². The first-order valence-electron chi connectivity index (χ1n) is 4.07. The predicted molar refractivity (Wildman–Crippen MR) is 50.0 cm³/mol. The van der Waals surface area contributed by atoms with Crippen LogP contribution in [0.25, 0.3) is 0 Å². The van der Waals surface area contributed by atoms with Crippen molar-refractivity contribution in [3.05, 3.63) is 35.4 Å². The number of aryl methyl sites for hydroxylation is 1. The summed E-state index contributed by atoms with van der Waals surface area (Å²) < 4.78 is 5.20. The van der Waals surface area contributed by atoms with E-state index in [4.69, 9.17) is 10.5 Å². The highest BCUT2D eigenvalue weighted by Crippen LogP contribution is 2.15. The molecule has 66 valence electrons. The van der Waals surface area contributed by atoms with Crippen LogP contribution in [0.1, 0.15) is 17.2 Å². The molecular formula is C10H15NO. The maximum atomic E-state index is 5.53. The van der Waals surface area contributed by atoms with Crippen LogP contribution in [-0.4, -0.2) is 13.7 Å². The van der Waals surface area contributed by atoms with E-state index in [1.54, 1.807) is 7.11 Å². The molecule has 1 atom stereocenters. The van der Waals surface area contributed by atoms with Gasteiger partial charge in [-0.25, -0.2) is 0 Å². The minimum atomic E-state index is 0.0330. The average Bonchev–Trinajstić information content (AvgIpc) is 2.10. The second-order valence-electron chi connectivity index (χ2n) is 2.87. The van der Waals surface area contributed by atoms with Gasteiger partial charge in [0.1, 0.15) is 0 Å². The van der Waals surface area contributed by atoms with Gasteiger partial charge in [0, 0.05) is 13.7 Å². The molecule has 0 unspecified atom stereocenters. The van der Waals surface area contributed by atoms with Gasteiger partial charge in [-0.2, -0.15) is 0 Å². The Bertz CT molecular complexity index is 226. The third-order valence-corrected chi connectivity index (χ3v) is 1.95. The number of methoxy groups -OCH3 is 1. The Morgan fingerprint density at radius 1 is 1.33 bits per heavy atom. The second kappa shape index (κ2) is 4.24. The smallest absolute Gasteiger partial charge is 0.0943 e. The molecule has 0 bridgehead atoms. The summed E-state index contributed by atoms with van der Waals surface area (Å²) in [6, 6.07) is 8.24. The molecule has 0 aliphatic rings. The summed E-state index contributed by atoms with van der Waals surface area (Å²) in [4.78, 5) is 0. The number of ether oxygens (including phenoxy) is 1. The normalized spacial score (nSPS) is 12.9. The van der Waals surface area contributed by atoms with Crippen LogP contribution >= 0.6 is 0 Å². The molecule has 0 aliphatic carbocycles. The molecule has 0 fully saturated rings. The third-order valence-electron chi connectivity index (χ3n) is 1.95.